The zero-order chi connectivity index (χ0) is 14.4. The summed E-state index contributed by atoms with van der Waals surface area (Å²) < 4.78 is 0. The molecule has 5 heteroatoms. The molecule has 0 aliphatic heterocycles. The lowest BCUT2D eigenvalue weighted by molar-refractivity contribution is 1.31. The third-order valence-electron chi connectivity index (χ3n) is 3.43. The maximum atomic E-state index is 6.02. The highest BCUT2D eigenvalue weighted by atomic mass is 35.5. The van der Waals surface area contributed by atoms with Gasteiger partial charge in [0, 0.05) is 32.6 Å². The summed E-state index contributed by atoms with van der Waals surface area (Å²) in [7, 11) is 0. The van der Waals surface area contributed by atoms with Crippen molar-refractivity contribution < 1.29 is 0 Å². The molecule has 0 amide bonds. The molecule has 2 aromatic carbocycles. The van der Waals surface area contributed by atoms with Crippen molar-refractivity contribution in [2.24, 2.45) is 0 Å². The third-order valence-corrected chi connectivity index (χ3v) is 4.84. The standard InChI is InChI=1S/C16H10Cl2N2S/c17-10-6-11(18)8-12(7-10)19-16-20-15-13-4-2-1-3-9(13)5-14(15)21-16/h1-4,6-8H,5H2,(H,19,20). The molecule has 104 valence electrons. The minimum Gasteiger partial charge on any atom is -0.331 e. The SMILES string of the molecule is Clc1cc(Cl)cc(Nc2nc3c(s2)Cc2ccccc2-3)c1. The van der Waals surface area contributed by atoms with Crippen molar-refractivity contribution in [1.29, 1.82) is 0 Å². The quantitative estimate of drug-likeness (QED) is 0.504. The Morgan fingerprint density at radius 2 is 1.81 bits per heavy atom. The first kappa shape index (κ1) is 13.1. The van der Waals surface area contributed by atoms with Crippen LogP contribution in [0.1, 0.15) is 10.4 Å². The average Bonchev–Trinajstić information content (AvgIpc) is 2.94. The van der Waals surface area contributed by atoms with Crippen LogP contribution in [0.3, 0.4) is 0 Å². The molecule has 1 aromatic heterocycles. The highest BCUT2D eigenvalue weighted by molar-refractivity contribution is 7.16. The summed E-state index contributed by atoms with van der Waals surface area (Å²) in [4.78, 5) is 6.01. The summed E-state index contributed by atoms with van der Waals surface area (Å²) in [5.41, 5.74) is 4.53. The fourth-order valence-corrected chi connectivity index (χ4v) is 4.11. The number of fused-ring (bicyclic) bond motifs is 3. The monoisotopic (exact) mass is 332 g/mol. The lowest BCUT2D eigenvalue weighted by atomic mass is 10.1. The Labute approximate surface area is 136 Å². The van der Waals surface area contributed by atoms with Crippen molar-refractivity contribution in [3.63, 3.8) is 0 Å². The van der Waals surface area contributed by atoms with E-state index in [0.29, 0.717) is 10.0 Å². The van der Waals surface area contributed by atoms with Crippen LogP contribution in [-0.4, -0.2) is 4.98 Å². The Balaban J connectivity index is 1.68. The number of nitrogens with zero attached hydrogens (tertiary/aromatic N) is 1. The van der Waals surface area contributed by atoms with Crippen molar-refractivity contribution in [2.45, 2.75) is 6.42 Å². The average molecular weight is 333 g/mol. The Hall–Kier alpha value is -1.55. The molecule has 2 nitrogen and oxygen atoms in total. The summed E-state index contributed by atoms with van der Waals surface area (Å²) in [5, 5.41) is 5.37. The molecule has 0 saturated carbocycles. The predicted molar refractivity (Wildman–Crippen MR) is 90.1 cm³/mol. The molecular formula is C16H10Cl2N2S. The summed E-state index contributed by atoms with van der Waals surface area (Å²) in [6.07, 6.45) is 0.959. The summed E-state index contributed by atoms with van der Waals surface area (Å²) >= 11 is 13.7. The molecule has 0 spiro atoms. The van der Waals surface area contributed by atoms with Gasteiger partial charge in [-0.2, -0.15) is 0 Å². The lowest BCUT2D eigenvalue weighted by Gasteiger charge is -2.04. The van der Waals surface area contributed by atoms with Gasteiger partial charge in [-0.25, -0.2) is 4.98 Å². The van der Waals surface area contributed by atoms with Crippen LogP contribution in [0, 0.1) is 0 Å². The number of thiazole rings is 1. The molecular weight excluding hydrogens is 323 g/mol. The van der Waals surface area contributed by atoms with Gasteiger partial charge in [-0.15, -0.1) is 11.3 Å². The van der Waals surface area contributed by atoms with Gasteiger partial charge in [-0.05, 0) is 23.8 Å². The number of halogens is 2. The van der Waals surface area contributed by atoms with Crippen LogP contribution in [0.5, 0.6) is 0 Å². The number of hydrogen-bond acceptors (Lipinski definition) is 3. The summed E-state index contributed by atoms with van der Waals surface area (Å²) in [6.45, 7) is 0. The molecule has 3 aromatic rings. The summed E-state index contributed by atoms with van der Waals surface area (Å²) in [5.74, 6) is 0. The Morgan fingerprint density at radius 3 is 2.62 bits per heavy atom. The van der Waals surface area contributed by atoms with Crippen molar-refractivity contribution in [3.05, 3.63) is 63.0 Å². The van der Waals surface area contributed by atoms with Gasteiger partial charge in [-0.3, -0.25) is 0 Å². The topological polar surface area (TPSA) is 24.9 Å². The Kier molecular flexibility index (Phi) is 3.14. The lowest BCUT2D eigenvalue weighted by Crippen LogP contribution is -1.90. The van der Waals surface area contributed by atoms with Crippen LogP contribution in [0.4, 0.5) is 10.8 Å². The van der Waals surface area contributed by atoms with Gasteiger partial charge in [-0.1, -0.05) is 47.5 Å². The van der Waals surface area contributed by atoms with E-state index in [-0.39, 0.29) is 0 Å². The molecule has 0 atom stereocenters. The molecule has 1 aliphatic rings. The van der Waals surface area contributed by atoms with Gasteiger partial charge in [0.05, 0.1) is 5.69 Å². The van der Waals surface area contributed by atoms with Crippen molar-refractivity contribution >= 4 is 45.4 Å². The van der Waals surface area contributed by atoms with E-state index in [4.69, 9.17) is 28.2 Å². The first-order valence-electron chi connectivity index (χ1n) is 6.50. The first-order chi connectivity index (χ1) is 10.2. The van der Waals surface area contributed by atoms with Crippen LogP contribution in [-0.2, 0) is 6.42 Å². The van der Waals surface area contributed by atoms with Gasteiger partial charge in [0.25, 0.3) is 0 Å². The molecule has 0 radical (unpaired) electrons. The number of hydrogen-bond donors (Lipinski definition) is 1. The van der Waals surface area contributed by atoms with E-state index in [9.17, 15) is 0 Å². The molecule has 21 heavy (non-hydrogen) atoms. The molecule has 1 aliphatic carbocycles. The largest absolute Gasteiger partial charge is 0.331 e. The second-order valence-corrected chi connectivity index (χ2v) is 6.86. The Bertz CT molecular complexity index is 822. The van der Waals surface area contributed by atoms with E-state index in [1.54, 1.807) is 17.4 Å². The van der Waals surface area contributed by atoms with Gasteiger partial charge in [0.2, 0.25) is 0 Å². The first-order valence-corrected chi connectivity index (χ1v) is 8.07. The predicted octanol–water partition coefficient (Wildman–Crippen LogP) is 5.76. The van der Waals surface area contributed by atoms with E-state index in [1.165, 1.54) is 16.0 Å². The third kappa shape index (κ3) is 2.42. The van der Waals surface area contributed by atoms with Crippen LogP contribution in [0.25, 0.3) is 11.3 Å². The zero-order valence-electron chi connectivity index (χ0n) is 10.9. The van der Waals surface area contributed by atoms with Crippen LogP contribution < -0.4 is 5.32 Å². The van der Waals surface area contributed by atoms with E-state index in [0.717, 1.165) is 22.9 Å². The van der Waals surface area contributed by atoms with Crippen molar-refractivity contribution in [3.8, 4) is 11.3 Å². The molecule has 1 heterocycles. The maximum absolute atomic E-state index is 6.02. The highest BCUT2D eigenvalue weighted by Crippen LogP contribution is 2.41. The van der Waals surface area contributed by atoms with Crippen molar-refractivity contribution in [1.82, 2.24) is 4.98 Å². The van der Waals surface area contributed by atoms with Gasteiger partial charge < -0.3 is 5.32 Å². The fourth-order valence-electron chi connectivity index (χ4n) is 2.56. The molecule has 0 unspecified atom stereocenters. The Morgan fingerprint density at radius 1 is 1.05 bits per heavy atom. The van der Waals surface area contributed by atoms with E-state index in [1.807, 2.05) is 12.1 Å². The van der Waals surface area contributed by atoms with E-state index < -0.39 is 0 Å². The minimum absolute atomic E-state index is 0.611. The zero-order valence-corrected chi connectivity index (χ0v) is 13.2. The smallest absolute Gasteiger partial charge is 0.187 e. The second kappa shape index (κ2) is 5.02. The molecule has 4 rings (SSSR count). The molecule has 0 bridgehead atoms. The molecule has 0 fully saturated rings. The van der Waals surface area contributed by atoms with Gasteiger partial charge in [0.1, 0.15) is 0 Å². The summed E-state index contributed by atoms with van der Waals surface area (Å²) in [6, 6.07) is 13.8. The number of anilines is 2. The highest BCUT2D eigenvalue weighted by Gasteiger charge is 2.22. The van der Waals surface area contributed by atoms with Gasteiger partial charge >= 0.3 is 0 Å². The number of benzene rings is 2. The van der Waals surface area contributed by atoms with Crippen molar-refractivity contribution in [2.75, 3.05) is 5.32 Å². The van der Waals surface area contributed by atoms with E-state index >= 15 is 0 Å². The number of rotatable bonds is 2. The van der Waals surface area contributed by atoms with E-state index in [2.05, 4.69) is 29.6 Å². The number of nitrogens with one attached hydrogen (secondary N) is 1. The number of aromatic nitrogens is 1. The van der Waals surface area contributed by atoms with Gasteiger partial charge in [0.15, 0.2) is 5.13 Å². The minimum atomic E-state index is 0.611. The maximum Gasteiger partial charge on any atom is 0.187 e. The molecule has 0 saturated heterocycles. The normalized spacial score (nSPS) is 12.1. The van der Waals surface area contributed by atoms with Crippen LogP contribution in [0.2, 0.25) is 10.0 Å². The van der Waals surface area contributed by atoms with Crippen LogP contribution in [0.15, 0.2) is 42.5 Å². The van der Waals surface area contributed by atoms with Crippen LogP contribution >= 0.6 is 34.5 Å². The fraction of sp³-hybridized carbons (Fsp3) is 0.0625. The molecule has 1 N–H and O–H groups in total. The second-order valence-electron chi connectivity index (χ2n) is 4.91.